The molecule has 0 aliphatic carbocycles. The van der Waals surface area contributed by atoms with Gasteiger partial charge in [0.05, 0.1) is 30.8 Å². The number of anilines is 1. The lowest BCUT2D eigenvalue weighted by Crippen LogP contribution is -2.34. The molecule has 1 saturated heterocycles. The molecule has 17 heavy (non-hydrogen) atoms. The normalized spacial score (nSPS) is 19.9. The molecule has 1 unspecified atom stereocenters. The summed E-state index contributed by atoms with van der Waals surface area (Å²) in [6.07, 6.45) is 1.22. The van der Waals surface area contributed by atoms with E-state index in [1.165, 1.54) is 12.3 Å². The van der Waals surface area contributed by atoms with Crippen LogP contribution in [0.25, 0.3) is 0 Å². The first-order valence-electron chi connectivity index (χ1n) is 5.29. The number of rotatable bonds is 4. The third-order valence-corrected chi connectivity index (χ3v) is 2.35. The van der Waals surface area contributed by atoms with Crippen molar-refractivity contribution in [2.75, 3.05) is 31.7 Å². The Kier molecular flexibility index (Phi) is 3.84. The number of nitro groups is 1. The molecule has 0 radical (unpaired) electrons. The van der Waals surface area contributed by atoms with Crippen LogP contribution in [0.4, 0.5) is 11.5 Å². The van der Waals surface area contributed by atoms with Crippen molar-refractivity contribution in [2.24, 2.45) is 0 Å². The van der Waals surface area contributed by atoms with E-state index in [-0.39, 0.29) is 11.8 Å². The summed E-state index contributed by atoms with van der Waals surface area (Å²) in [6.45, 7) is 2.36. The van der Waals surface area contributed by atoms with Gasteiger partial charge in [0, 0.05) is 12.6 Å². The first-order chi connectivity index (χ1) is 8.25. The van der Waals surface area contributed by atoms with E-state index >= 15 is 0 Å². The van der Waals surface area contributed by atoms with Gasteiger partial charge >= 0.3 is 0 Å². The Labute approximate surface area is 97.9 Å². The van der Waals surface area contributed by atoms with Crippen molar-refractivity contribution in [1.82, 2.24) is 4.98 Å². The summed E-state index contributed by atoms with van der Waals surface area (Å²) < 4.78 is 10.7. The van der Waals surface area contributed by atoms with Crippen molar-refractivity contribution < 1.29 is 14.4 Å². The second-order valence-corrected chi connectivity index (χ2v) is 3.61. The molecule has 2 heterocycles. The van der Waals surface area contributed by atoms with E-state index in [1.54, 1.807) is 6.07 Å². The molecule has 7 heteroatoms. The highest BCUT2D eigenvalue weighted by atomic mass is 16.6. The molecule has 1 aromatic heterocycles. The van der Waals surface area contributed by atoms with Crippen LogP contribution < -0.4 is 5.32 Å². The number of hydrogen-bond acceptors (Lipinski definition) is 6. The summed E-state index contributed by atoms with van der Waals surface area (Å²) in [6, 6.07) is 2.98. The lowest BCUT2D eigenvalue weighted by atomic mass is 10.3. The Bertz CT molecular complexity index is 376. The maximum absolute atomic E-state index is 10.4. The third-order valence-electron chi connectivity index (χ3n) is 2.35. The molecule has 1 N–H and O–H groups in total. The molecule has 0 bridgehead atoms. The molecule has 1 aromatic rings. The Hall–Kier alpha value is -1.73. The molecule has 1 atom stereocenters. The minimum atomic E-state index is -0.477. The van der Waals surface area contributed by atoms with E-state index in [2.05, 4.69) is 10.3 Å². The van der Waals surface area contributed by atoms with Crippen molar-refractivity contribution in [2.45, 2.75) is 6.10 Å². The van der Waals surface area contributed by atoms with Crippen LogP contribution in [0, 0.1) is 10.1 Å². The van der Waals surface area contributed by atoms with E-state index < -0.39 is 4.92 Å². The van der Waals surface area contributed by atoms with E-state index in [1.807, 2.05) is 0 Å². The Balaban J connectivity index is 1.84. The first kappa shape index (κ1) is 11.7. The van der Waals surface area contributed by atoms with Crippen molar-refractivity contribution in [3.63, 3.8) is 0 Å². The van der Waals surface area contributed by atoms with E-state index in [0.29, 0.717) is 32.2 Å². The van der Waals surface area contributed by atoms with Crippen LogP contribution in [0.2, 0.25) is 0 Å². The molecule has 0 amide bonds. The number of nitrogens with one attached hydrogen (secondary N) is 1. The summed E-state index contributed by atoms with van der Waals surface area (Å²) in [5, 5.41) is 13.5. The van der Waals surface area contributed by atoms with Gasteiger partial charge in [-0.2, -0.15) is 0 Å². The van der Waals surface area contributed by atoms with Crippen LogP contribution in [0.5, 0.6) is 0 Å². The predicted molar refractivity (Wildman–Crippen MR) is 59.9 cm³/mol. The number of nitrogens with zero attached hydrogens (tertiary/aromatic N) is 2. The molecule has 2 rings (SSSR count). The van der Waals surface area contributed by atoms with Gasteiger partial charge in [-0.25, -0.2) is 4.98 Å². The fourth-order valence-corrected chi connectivity index (χ4v) is 1.47. The summed E-state index contributed by atoms with van der Waals surface area (Å²) >= 11 is 0. The highest BCUT2D eigenvalue weighted by Crippen LogP contribution is 2.12. The summed E-state index contributed by atoms with van der Waals surface area (Å²) in [4.78, 5) is 13.9. The zero-order valence-electron chi connectivity index (χ0n) is 9.17. The number of hydrogen-bond donors (Lipinski definition) is 1. The molecule has 1 aliphatic rings. The van der Waals surface area contributed by atoms with Crippen LogP contribution >= 0.6 is 0 Å². The highest BCUT2D eigenvalue weighted by molar-refractivity contribution is 5.40. The summed E-state index contributed by atoms with van der Waals surface area (Å²) in [5.41, 5.74) is -0.0206. The molecular weight excluding hydrogens is 226 g/mol. The van der Waals surface area contributed by atoms with Crippen LogP contribution in [-0.2, 0) is 9.47 Å². The monoisotopic (exact) mass is 239 g/mol. The second-order valence-electron chi connectivity index (χ2n) is 3.61. The SMILES string of the molecule is O=[N+]([O-])c1ccc(NCC2COCCO2)nc1. The number of pyridine rings is 1. The van der Waals surface area contributed by atoms with Gasteiger partial charge in [0.15, 0.2) is 0 Å². The molecule has 1 aliphatic heterocycles. The fraction of sp³-hybridized carbons (Fsp3) is 0.500. The molecule has 92 valence electrons. The quantitative estimate of drug-likeness (QED) is 0.618. The maximum Gasteiger partial charge on any atom is 0.287 e. The number of ether oxygens (including phenoxy) is 2. The zero-order valence-corrected chi connectivity index (χ0v) is 9.17. The molecule has 7 nitrogen and oxygen atoms in total. The van der Waals surface area contributed by atoms with E-state index in [0.717, 1.165) is 0 Å². The molecule has 0 saturated carbocycles. The minimum Gasteiger partial charge on any atom is -0.376 e. The maximum atomic E-state index is 10.4. The summed E-state index contributed by atoms with van der Waals surface area (Å²) in [5.74, 6) is 0.588. The molecule has 0 spiro atoms. The van der Waals surface area contributed by atoms with Gasteiger partial charge in [0.25, 0.3) is 5.69 Å². The largest absolute Gasteiger partial charge is 0.376 e. The van der Waals surface area contributed by atoms with Crippen molar-refractivity contribution in [3.8, 4) is 0 Å². The Morgan fingerprint density at radius 1 is 1.53 bits per heavy atom. The molecule has 1 fully saturated rings. The van der Waals surface area contributed by atoms with Gasteiger partial charge in [-0.1, -0.05) is 0 Å². The van der Waals surface area contributed by atoms with Crippen molar-refractivity contribution >= 4 is 11.5 Å². The zero-order chi connectivity index (χ0) is 12.1. The minimum absolute atomic E-state index is 0.000687. The lowest BCUT2D eigenvalue weighted by molar-refractivity contribution is -0.385. The molecular formula is C10H13N3O4. The second kappa shape index (κ2) is 5.55. The van der Waals surface area contributed by atoms with E-state index in [9.17, 15) is 10.1 Å². The Morgan fingerprint density at radius 2 is 2.41 bits per heavy atom. The smallest absolute Gasteiger partial charge is 0.287 e. The topological polar surface area (TPSA) is 86.5 Å². The summed E-state index contributed by atoms with van der Waals surface area (Å²) in [7, 11) is 0. The predicted octanol–water partition coefficient (Wildman–Crippen LogP) is 0.817. The third kappa shape index (κ3) is 3.36. The first-order valence-corrected chi connectivity index (χ1v) is 5.29. The molecule has 0 aromatic carbocycles. The van der Waals surface area contributed by atoms with Gasteiger partial charge in [0.2, 0.25) is 0 Å². The van der Waals surface area contributed by atoms with Gasteiger partial charge in [0.1, 0.15) is 12.0 Å². The number of aromatic nitrogens is 1. The van der Waals surface area contributed by atoms with Crippen molar-refractivity contribution in [3.05, 3.63) is 28.4 Å². The van der Waals surface area contributed by atoms with Crippen LogP contribution in [0.15, 0.2) is 18.3 Å². The van der Waals surface area contributed by atoms with Gasteiger partial charge in [-0.3, -0.25) is 10.1 Å². The highest BCUT2D eigenvalue weighted by Gasteiger charge is 2.14. The van der Waals surface area contributed by atoms with Crippen molar-refractivity contribution in [1.29, 1.82) is 0 Å². The van der Waals surface area contributed by atoms with Crippen LogP contribution in [-0.4, -0.2) is 42.4 Å². The fourth-order valence-electron chi connectivity index (χ4n) is 1.47. The lowest BCUT2D eigenvalue weighted by Gasteiger charge is -2.23. The standard InChI is InChI=1S/C10H13N3O4/c14-13(15)8-1-2-10(11-5-8)12-6-9-7-16-3-4-17-9/h1-2,5,9H,3-4,6-7H2,(H,11,12). The average molecular weight is 239 g/mol. The van der Waals surface area contributed by atoms with Gasteiger partial charge in [-0.05, 0) is 6.07 Å². The van der Waals surface area contributed by atoms with E-state index in [4.69, 9.17) is 9.47 Å². The van der Waals surface area contributed by atoms with Gasteiger partial charge in [-0.15, -0.1) is 0 Å². The van der Waals surface area contributed by atoms with Crippen LogP contribution in [0.3, 0.4) is 0 Å². The average Bonchev–Trinajstić information content (AvgIpc) is 2.38. The Morgan fingerprint density at radius 3 is 3.00 bits per heavy atom. The van der Waals surface area contributed by atoms with Crippen LogP contribution in [0.1, 0.15) is 0 Å². The van der Waals surface area contributed by atoms with Gasteiger partial charge < -0.3 is 14.8 Å².